The van der Waals surface area contributed by atoms with Crippen molar-refractivity contribution < 1.29 is 9.53 Å². The number of carbonyl (C=O) groups excluding carboxylic acids is 1. The summed E-state index contributed by atoms with van der Waals surface area (Å²) in [4.78, 5) is 10.8. The van der Waals surface area contributed by atoms with Crippen LogP contribution in [0.1, 0.15) is 11.1 Å². The Morgan fingerprint density at radius 1 is 1.50 bits per heavy atom. The third-order valence-corrected chi connectivity index (χ3v) is 2.78. The van der Waals surface area contributed by atoms with Gasteiger partial charge in [-0.15, -0.1) is 11.8 Å². The van der Waals surface area contributed by atoms with Crippen molar-refractivity contribution in [3.8, 4) is 0 Å². The first-order valence-electron chi connectivity index (χ1n) is 4.42. The van der Waals surface area contributed by atoms with Gasteiger partial charge in [-0.2, -0.15) is 0 Å². The van der Waals surface area contributed by atoms with Gasteiger partial charge in [-0.25, -0.2) is 0 Å². The zero-order chi connectivity index (χ0) is 10.4. The monoisotopic (exact) mass is 210 g/mol. The highest BCUT2D eigenvalue weighted by atomic mass is 32.2. The average molecular weight is 210 g/mol. The molecular formula is C11H14O2S. The molecule has 0 radical (unpaired) electrons. The van der Waals surface area contributed by atoms with Crippen molar-refractivity contribution in [3.05, 3.63) is 35.4 Å². The van der Waals surface area contributed by atoms with Gasteiger partial charge in [-0.05, 0) is 12.5 Å². The summed E-state index contributed by atoms with van der Waals surface area (Å²) in [7, 11) is 1.41. The molecule has 0 saturated carbocycles. The minimum atomic E-state index is -0.164. The van der Waals surface area contributed by atoms with Crippen molar-refractivity contribution in [1.29, 1.82) is 0 Å². The van der Waals surface area contributed by atoms with E-state index >= 15 is 0 Å². The molecule has 76 valence electrons. The highest BCUT2D eigenvalue weighted by molar-refractivity contribution is 7.99. The Morgan fingerprint density at radius 2 is 2.29 bits per heavy atom. The molecule has 0 spiro atoms. The molecule has 1 rings (SSSR count). The van der Waals surface area contributed by atoms with Crippen molar-refractivity contribution in [2.45, 2.75) is 12.7 Å². The molecule has 14 heavy (non-hydrogen) atoms. The third-order valence-electron chi connectivity index (χ3n) is 1.80. The SMILES string of the molecule is COC(=O)CSCc1cccc(C)c1. The number of esters is 1. The largest absolute Gasteiger partial charge is 0.468 e. The van der Waals surface area contributed by atoms with Gasteiger partial charge in [0.1, 0.15) is 0 Å². The van der Waals surface area contributed by atoms with Crippen LogP contribution in [-0.2, 0) is 15.3 Å². The predicted octanol–water partition coefficient (Wildman–Crippen LogP) is 2.40. The van der Waals surface area contributed by atoms with E-state index in [0.29, 0.717) is 5.75 Å². The number of ether oxygens (including phenoxy) is 1. The average Bonchev–Trinajstić information content (AvgIpc) is 2.17. The first kappa shape index (κ1) is 11.1. The number of carbonyl (C=O) groups is 1. The number of thioether (sulfide) groups is 1. The van der Waals surface area contributed by atoms with E-state index in [1.165, 1.54) is 18.2 Å². The molecule has 0 N–H and O–H groups in total. The van der Waals surface area contributed by atoms with E-state index in [1.807, 2.05) is 6.07 Å². The summed E-state index contributed by atoms with van der Waals surface area (Å²) in [6.45, 7) is 2.06. The Balaban J connectivity index is 2.35. The van der Waals surface area contributed by atoms with Gasteiger partial charge in [-0.3, -0.25) is 4.79 Å². The second-order valence-electron chi connectivity index (χ2n) is 3.06. The topological polar surface area (TPSA) is 26.3 Å². The molecule has 1 aromatic carbocycles. The van der Waals surface area contributed by atoms with Gasteiger partial charge < -0.3 is 4.74 Å². The molecule has 1 aromatic rings. The maximum absolute atomic E-state index is 10.8. The molecule has 0 fully saturated rings. The fraction of sp³-hybridized carbons (Fsp3) is 0.364. The van der Waals surface area contributed by atoms with Crippen LogP contribution in [-0.4, -0.2) is 18.8 Å². The number of rotatable bonds is 4. The van der Waals surface area contributed by atoms with Crippen LogP contribution in [0.15, 0.2) is 24.3 Å². The lowest BCUT2D eigenvalue weighted by Crippen LogP contribution is -2.03. The van der Waals surface area contributed by atoms with E-state index in [0.717, 1.165) is 5.75 Å². The van der Waals surface area contributed by atoms with Crippen molar-refractivity contribution in [2.24, 2.45) is 0 Å². The molecule has 0 aliphatic heterocycles. The molecule has 0 saturated heterocycles. The van der Waals surface area contributed by atoms with Gasteiger partial charge in [0.05, 0.1) is 12.9 Å². The fourth-order valence-electron chi connectivity index (χ4n) is 1.11. The van der Waals surface area contributed by atoms with E-state index < -0.39 is 0 Å². The zero-order valence-corrected chi connectivity index (χ0v) is 9.26. The van der Waals surface area contributed by atoms with E-state index in [-0.39, 0.29) is 5.97 Å². The van der Waals surface area contributed by atoms with E-state index in [1.54, 1.807) is 11.8 Å². The van der Waals surface area contributed by atoms with Crippen LogP contribution in [0.3, 0.4) is 0 Å². The number of methoxy groups -OCH3 is 1. The highest BCUT2D eigenvalue weighted by Gasteiger charge is 2.00. The Hall–Kier alpha value is -0.960. The first-order valence-corrected chi connectivity index (χ1v) is 5.58. The molecular weight excluding hydrogens is 196 g/mol. The van der Waals surface area contributed by atoms with Crippen LogP contribution in [0.5, 0.6) is 0 Å². The highest BCUT2D eigenvalue weighted by Crippen LogP contribution is 2.13. The van der Waals surface area contributed by atoms with E-state index in [9.17, 15) is 4.79 Å². The molecule has 0 amide bonds. The van der Waals surface area contributed by atoms with Crippen LogP contribution >= 0.6 is 11.8 Å². The molecule has 0 aromatic heterocycles. The molecule has 0 aliphatic rings. The smallest absolute Gasteiger partial charge is 0.315 e. The summed E-state index contributed by atoms with van der Waals surface area (Å²) >= 11 is 1.57. The summed E-state index contributed by atoms with van der Waals surface area (Å²) in [6, 6.07) is 8.29. The van der Waals surface area contributed by atoms with Crippen molar-refractivity contribution >= 4 is 17.7 Å². The summed E-state index contributed by atoms with van der Waals surface area (Å²) in [5.74, 6) is 1.11. The summed E-state index contributed by atoms with van der Waals surface area (Å²) in [6.07, 6.45) is 0. The predicted molar refractivity (Wildman–Crippen MR) is 59.4 cm³/mol. The van der Waals surface area contributed by atoms with Crippen molar-refractivity contribution in [2.75, 3.05) is 12.9 Å². The molecule has 0 atom stereocenters. The van der Waals surface area contributed by atoms with Crippen molar-refractivity contribution in [3.63, 3.8) is 0 Å². The minimum Gasteiger partial charge on any atom is -0.468 e. The normalized spacial score (nSPS) is 9.86. The van der Waals surface area contributed by atoms with Gasteiger partial charge in [-0.1, -0.05) is 29.8 Å². The molecule has 2 nitrogen and oxygen atoms in total. The molecule has 3 heteroatoms. The van der Waals surface area contributed by atoms with Crippen LogP contribution in [0.2, 0.25) is 0 Å². The molecule has 0 bridgehead atoms. The third kappa shape index (κ3) is 3.83. The van der Waals surface area contributed by atoms with Gasteiger partial charge in [0.25, 0.3) is 0 Å². The number of aryl methyl sites for hydroxylation is 1. The lowest BCUT2D eigenvalue weighted by atomic mass is 10.2. The summed E-state index contributed by atoms with van der Waals surface area (Å²) in [5, 5.41) is 0. The maximum atomic E-state index is 10.8. The standard InChI is InChI=1S/C11H14O2S/c1-9-4-3-5-10(6-9)7-14-8-11(12)13-2/h3-6H,7-8H2,1-2H3. The van der Waals surface area contributed by atoms with Crippen LogP contribution < -0.4 is 0 Å². The van der Waals surface area contributed by atoms with Crippen LogP contribution in [0, 0.1) is 6.92 Å². The second-order valence-corrected chi connectivity index (χ2v) is 4.04. The van der Waals surface area contributed by atoms with E-state index in [2.05, 4.69) is 29.9 Å². The van der Waals surface area contributed by atoms with Crippen LogP contribution in [0.25, 0.3) is 0 Å². The fourth-order valence-corrected chi connectivity index (χ4v) is 1.91. The lowest BCUT2D eigenvalue weighted by molar-refractivity contribution is -0.137. The first-order chi connectivity index (χ1) is 6.72. The Bertz CT molecular complexity index is 310. The van der Waals surface area contributed by atoms with Crippen molar-refractivity contribution in [1.82, 2.24) is 0 Å². The zero-order valence-electron chi connectivity index (χ0n) is 8.45. The van der Waals surface area contributed by atoms with E-state index in [4.69, 9.17) is 0 Å². The van der Waals surface area contributed by atoms with Crippen LogP contribution in [0.4, 0.5) is 0 Å². The summed E-state index contributed by atoms with van der Waals surface area (Å²) in [5.41, 5.74) is 2.50. The van der Waals surface area contributed by atoms with Gasteiger partial charge >= 0.3 is 5.97 Å². The quantitative estimate of drug-likeness (QED) is 0.714. The Labute approximate surface area is 88.7 Å². The Morgan fingerprint density at radius 3 is 2.93 bits per heavy atom. The van der Waals surface area contributed by atoms with Gasteiger partial charge in [0.2, 0.25) is 0 Å². The number of hydrogen-bond acceptors (Lipinski definition) is 3. The minimum absolute atomic E-state index is 0.164. The number of benzene rings is 1. The molecule has 0 aliphatic carbocycles. The number of hydrogen-bond donors (Lipinski definition) is 0. The lowest BCUT2D eigenvalue weighted by Gasteiger charge is -2.01. The molecule has 0 unspecified atom stereocenters. The maximum Gasteiger partial charge on any atom is 0.315 e. The second kappa shape index (κ2) is 5.70. The summed E-state index contributed by atoms with van der Waals surface area (Å²) < 4.78 is 4.55. The van der Waals surface area contributed by atoms with Gasteiger partial charge in [0.15, 0.2) is 0 Å². The molecule has 0 heterocycles. The van der Waals surface area contributed by atoms with Gasteiger partial charge in [0, 0.05) is 5.75 Å². The Kier molecular flexibility index (Phi) is 4.53.